The Hall–Kier alpha value is -3.69. The maximum atomic E-state index is 14.1. The molecule has 1 aromatic carbocycles. The summed E-state index contributed by atoms with van der Waals surface area (Å²) in [7, 11) is 1.54. The van der Waals surface area contributed by atoms with Gasteiger partial charge < -0.3 is 25.6 Å². The van der Waals surface area contributed by atoms with Crippen molar-refractivity contribution >= 4 is 29.2 Å². The monoisotopic (exact) mass is 443 g/mol. The highest BCUT2D eigenvalue weighted by Gasteiger charge is 2.23. The third-order valence-corrected chi connectivity index (χ3v) is 4.96. The first kappa shape index (κ1) is 23.0. The number of carbonyl (C=O) groups is 3. The van der Waals surface area contributed by atoms with E-state index < -0.39 is 11.8 Å². The minimum absolute atomic E-state index is 0.0206. The molecule has 1 aliphatic heterocycles. The van der Waals surface area contributed by atoms with Gasteiger partial charge >= 0.3 is 6.03 Å². The first-order valence-corrected chi connectivity index (χ1v) is 10.3. The normalized spacial score (nSPS) is 15.6. The Morgan fingerprint density at radius 3 is 2.66 bits per heavy atom. The van der Waals surface area contributed by atoms with Crippen molar-refractivity contribution < 1.29 is 23.5 Å². The molecule has 0 radical (unpaired) electrons. The largest absolute Gasteiger partial charge is 0.488 e. The molecule has 1 unspecified atom stereocenters. The standard InChI is InChI=1S/C22H26FN5O4/c1-14(29)28-7-3-4-19(13-28)32-20-9-15(23)8-18(10-20)27-22(31)26-17-6-5-16(25-12-17)11-21(30)24-2/h5-6,8-10,12,19H,3-4,7,11,13H2,1-2H3,(H,24,30)(H2,26,27,31). The highest BCUT2D eigenvalue weighted by atomic mass is 19.1. The van der Waals surface area contributed by atoms with Gasteiger partial charge in [-0.05, 0) is 31.0 Å². The van der Waals surface area contributed by atoms with Crippen molar-refractivity contribution in [1.82, 2.24) is 15.2 Å². The first-order valence-electron chi connectivity index (χ1n) is 10.3. The Balaban J connectivity index is 1.58. The maximum Gasteiger partial charge on any atom is 0.323 e. The number of hydrogen-bond acceptors (Lipinski definition) is 5. The van der Waals surface area contributed by atoms with E-state index in [-0.39, 0.29) is 35.8 Å². The Morgan fingerprint density at radius 2 is 1.97 bits per heavy atom. The van der Waals surface area contributed by atoms with Crippen LogP contribution in [0.2, 0.25) is 0 Å². The zero-order valence-electron chi connectivity index (χ0n) is 18.0. The second kappa shape index (κ2) is 10.6. The van der Waals surface area contributed by atoms with Crippen molar-refractivity contribution in [2.45, 2.75) is 32.3 Å². The van der Waals surface area contributed by atoms with Crippen molar-refractivity contribution in [1.29, 1.82) is 0 Å². The Labute approximate surface area is 185 Å². The number of likely N-dealkylation sites (N-methyl/N-ethyl adjacent to an activating group) is 1. The average molecular weight is 443 g/mol. The molecule has 3 rings (SSSR count). The predicted octanol–water partition coefficient (Wildman–Crippen LogP) is 2.54. The molecule has 0 saturated carbocycles. The molecule has 1 atom stereocenters. The first-order chi connectivity index (χ1) is 15.3. The number of likely N-dealkylation sites (tertiary alicyclic amines) is 1. The molecule has 0 spiro atoms. The van der Waals surface area contributed by atoms with Crippen molar-refractivity contribution in [3.63, 3.8) is 0 Å². The molecule has 3 N–H and O–H groups in total. The van der Waals surface area contributed by atoms with Gasteiger partial charge in [-0.3, -0.25) is 14.6 Å². The number of amides is 4. The number of anilines is 2. The van der Waals surface area contributed by atoms with E-state index in [4.69, 9.17) is 4.74 Å². The average Bonchev–Trinajstić information content (AvgIpc) is 2.74. The van der Waals surface area contributed by atoms with E-state index in [1.807, 2.05) is 0 Å². The van der Waals surface area contributed by atoms with Crippen molar-refractivity contribution in [3.05, 3.63) is 48.0 Å². The van der Waals surface area contributed by atoms with Crippen LogP contribution >= 0.6 is 0 Å². The van der Waals surface area contributed by atoms with E-state index in [1.165, 1.54) is 31.3 Å². The van der Waals surface area contributed by atoms with Crippen molar-refractivity contribution in [2.75, 3.05) is 30.8 Å². The van der Waals surface area contributed by atoms with Crippen LogP contribution in [0.4, 0.5) is 20.6 Å². The number of benzene rings is 1. The fourth-order valence-corrected chi connectivity index (χ4v) is 3.37. The van der Waals surface area contributed by atoms with Gasteiger partial charge in [0, 0.05) is 44.0 Å². The molecular weight excluding hydrogens is 417 g/mol. The summed E-state index contributed by atoms with van der Waals surface area (Å²) < 4.78 is 19.9. The SMILES string of the molecule is CNC(=O)Cc1ccc(NC(=O)Nc2cc(F)cc(OC3CCCN(C(C)=O)C3)c2)cn1. The Morgan fingerprint density at radius 1 is 1.19 bits per heavy atom. The summed E-state index contributed by atoms with van der Waals surface area (Å²) in [5, 5.41) is 7.68. The lowest BCUT2D eigenvalue weighted by atomic mass is 10.1. The second-order valence-corrected chi connectivity index (χ2v) is 7.49. The fourth-order valence-electron chi connectivity index (χ4n) is 3.37. The summed E-state index contributed by atoms with van der Waals surface area (Å²) >= 11 is 0. The topological polar surface area (TPSA) is 113 Å². The van der Waals surface area contributed by atoms with Crippen molar-refractivity contribution in [3.8, 4) is 5.75 Å². The number of rotatable bonds is 6. The van der Waals surface area contributed by atoms with Gasteiger partial charge in [0.2, 0.25) is 11.8 Å². The summed E-state index contributed by atoms with van der Waals surface area (Å²) in [5.74, 6) is -0.469. The van der Waals surface area contributed by atoms with E-state index >= 15 is 0 Å². The smallest absolute Gasteiger partial charge is 0.323 e. The summed E-state index contributed by atoms with van der Waals surface area (Å²) in [6, 6.07) is 6.62. The molecule has 2 heterocycles. The molecule has 0 aliphatic carbocycles. The lowest BCUT2D eigenvalue weighted by Crippen LogP contribution is -2.43. The number of nitrogens with zero attached hydrogens (tertiary/aromatic N) is 2. The molecule has 1 saturated heterocycles. The van der Waals surface area contributed by atoms with E-state index in [0.29, 0.717) is 24.5 Å². The number of urea groups is 1. The molecule has 1 aromatic heterocycles. The van der Waals surface area contributed by atoms with Gasteiger partial charge in [-0.2, -0.15) is 0 Å². The highest BCUT2D eigenvalue weighted by Crippen LogP contribution is 2.24. The molecule has 4 amide bonds. The van der Waals surface area contributed by atoms with Crippen LogP contribution in [0.3, 0.4) is 0 Å². The van der Waals surface area contributed by atoms with Gasteiger partial charge in [0.1, 0.15) is 17.7 Å². The molecule has 1 aliphatic rings. The minimum Gasteiger partial charge on any atom is -0.488 e. The van der Waals surface area contributed by atoms with E-state index in [2.05, 4.69) is 20.9 Å². The van der Waals surface area contributed by atoms with E-state index in [0.717, 1.165) is 12.8 Å². The second-order valence-electron chi connectivity index (χ2n) is 7.49. The molecule has 10 heteroatoms. The maximum absolute atomic E-state index is 14.1. The molecular formula is C22H26FN5O4. The quantitative estimate of drug-likeness (QED) is 0.635. The number of aromatic nitrogens is 1. The number of hydrogen-bond donors (Lipinski definition) is 3. The fraction of sp³-hybridized carbons (Fsp3) is 0.364. The third-order valence-electron chi connectivity index (χ3n) is 4.96. The zero-order chi connectivity index (χ0) is 23.1. The van der Waals surface area contributed by atoms with Gasteiger partial charge in [0.05, 0.1) is 24.8 Å². The van der Waals surface area contributed by atoms with Crippen LogP contribution in [0.15, 0.2) is 36.5 Å². The van der Waals surface area contributed by atoms with Crippen LogP contribution in [-0.4, -0.2) is 54.0 Å². The van der Waals surface area contributed by atoms with Crippen LogP contribution in [-0.2, 0) is 16.0 Å². The molecule has 170 valence electrons. The van der Waals surface area contributed by atoms with Gasteiger partial charge in [0.25, 0.3) is 0 Å². The van der Waals surface area contributed by atoms with Crippen LogP contribution in [0.1, 0.15) is 25.5 Å². The summed E-state index contributed by atoms with van der Waals surface area (Å²) in [6.07, 6.45) is 2.90. The highest BCUT2D eigenvalue weighted by molar-refractivity contribution is 5.99. The zero-order valence-corrected chi connectivity index (χ0v) is 18.0. The summed E-state index contributed by atoms with van der Waals surface area (Å²) in [5.41, 5.74) is 1.21. The van der Waals surface area contributed by atoms with Crippen LogP contribution < -0.4 is 20.7 Å². The molecule has 0 bridgehead atoms. The molecule has 2 aromatic rings. The Kier molecular flexibility index (Phi) is 7.58. The Bertz CT molecular complexity index is 983. The van der Waals surface area contributed by atoms with E-state index in [1.54, 1.807) is 24.1 Å². The minimum atomic E-state index is -0.581. The predicted molar refractivity (Wildman–Crippen MR) is 117 cm³/mol. The summed E-state index contributed by atoms with van der Waals surface area (Å²) in [6.45, 7) is 2.64. The van der Waals surface area contributed by atoms with Gasteiger partial charge in [-0.15, -0.1) is 0 Å². The van der Waals surface area contributed by atoms with Crippen LogP contribution in [0.25, 0.3) is 0 Å². The van der Waals surface area contributed by atoms with Crippen LogP contribution in [0.5, 0.6) is 5.75 Å². The third kappa shape index (κ3) is 6.66. The number of carbonyl (C=O) groups excluding carboxylic acids is 3. The van der Waals surface area contributed by atoms with Gasteiger partial charge in [-0.1, -0.05) is 0 Å². The van der Waals surface area contributed by atoms with Crippen LogP contribution in [0, 0.1) is 5.82 Å². The molecule has 9 nitrogen and oxygen atoms in total. The number of ether oxygens (including phenoxy) is 1. The van der Waals surface area contributed by atoms with E-state index in [9.17, 15) is 18.8 Å². The lowest BCUT2D eigenvalue weighted by Gasteiger charge is -2.32. The molecule has 1 fully saturated rings. The van der Waals surface area contributed by atoms with Crippen molar-refractivity contribution in [2.24, 2.45) is 0 Å². The number of piperidine rings is 1. The number of pyridine rings is 1. The van der Waals surface area contributed by atoms with Gasteiger partial charge in [-0.25, -0.2) is 9.18 Å². The molecule has 32 heavy (non-hydrogen) atoms. The van der Waals surface area contributed by atoms with Gasteiger partial charge in [0.15, 0.2) is 0 Å². The number of halogens is 1. The number of nitrogens with one attached hydrogen (secondary N) is 3. The lowest BCUT2D eigenvalue weighted by molar-refractivity contribution is -0.131. The summed E-state index contributed by atoms with van der Waals surface area (Å²) in [4.78, 5) is 41.1.